The van der Waals surface area contributed by atoms with Crippen molar-refractivity contribution < 1.29 is 0 Å². The standard InChI is InChI=1S/C16H27N3/c1-12(2)10-18-15(17)19-11-16(4,5)14-8-6-13(3)7-9-14/h6-9,12H,10-11H2,1-5H3,(H3,17,18,19). The van der Waals surface area contributed by atoms with Crippen molar-refractivity contribution in [3.8, 4) is 0 Å². The summed E-state index contributed by atoms with van der Waals surface area (Å²) in [6.07, 6.45) is 0. The van der Waals surface area contributed by atoms with Gasteiger partial charge in [0.05, 0.1) is 6.54 Å². The van der Waals surface area contributed by atoms with Gasteiger partial charge in [-0.2, -0.15) is 0 Å². The van der Waals surface area contributed by atoms with Gasteiger partial charge in [0.15, 0.2) is 5.96 Å². The van der Waals surface area contributed by atoms with Gasteiger partial charge in [-0.05, 0) is 18.4 Å². The van der Waals surface area contributed by atoms with Crippen LogP contribution in [0.4, 0.5) is 0 Å². The van der Waals surface area contributed by atoms with Crippen molar-refractivity contribution in [2.75, 3.05) is 13.1 Å². The summed E-state index contributed by atoms with van der Waals surface area (Å²) in [6.45, 7) is 12.3. The number of rotatable bonds is 5. The summed E-state index contributed by atoms with van der Waals surface area (Å²) in [4.78, 5) is 4.45. The molecule has 0 saturated heterocycles. The maximum absolute atomic E-state index is 5.87. The molecule has 0 amide bonds. The van der Waals surface area contributed by atoms with E-state index in [2.05, 4.69) is 69.2 Å². The third-order valence-electron chi connectivity index (χ3n) is 3.17. The van der Waals surface area contributed by atoms with Crippen LogP contribution >= 0.6 is 0 Å². The molecule has 0 aliphatic heterocycles. The fraction of sp³-hybridized carbons (Fsp3) is 0.562. The van der Waals surface area contributed by atoms with Crippen LogP contribution in [-0.2, 0) is 5.41 Å². The molecule has 106 valence electrons. The molecule has 0 aromatic heterocycles. The van der Waals surface area contributed by atoms with E-state index in [0.29, 0.717) is 18.4 Å². The van der Waals surface area contributed by atoms with Crippen LogP contribution in [0.15, 0.2) is 29.3 Å². The van der Waals surface area contributed by atoms with Crippen molar-refractivity contribution >= 4 is 5.96 Å². The molecule has 0 spiro atoms. The zero-order valence-electron chi connectivity index (χ0n) is 12.8. The fourth-order valence-electron chi connectivity index (χ4n) is 1.74. The van der Waals surface area contributed by atoms with E-state index in [1.54, 1.807) is 0 Å². The fourth-order valence-corrected chi connectivity index (χ4v) is 1.74. The van der Waals surface area contributed by atoms with Crippen LogP contribution in [0, 0.1) is 12.8 Å². The lowest BCUT2D eigenvalue weighted by atomic mass is 9.84. The predicted molar refractivity (Wildman–Crippen MR) is 83.5 cm³/mol. The van der Waals surface area contributed by atoms with Crippen LogP contribution in [0.5, 0.6) is 0 Å². The number of aliphatic imine (C=N–C) groups is 1. The second-order valence-corrected chi connectivity index (χ2v) is 6.23. The second-order valence-electron chi connectivity index (χ2n) is 6.23. The number of nitrogens with two attached hydrogens (primary N) is 1. The zero-order chi connectivity index (χ0) is 14.5. The minimum atomic E-state index is -0.00215. The number of benzene rings is 1. The average Bonchev–Trinajstić information content (AvgIpc) is 2.34. The number of nitrogens with one attached hydrogen (secondary N) is 1. The molecular formula is C16H27N3. The van der Waals surface area contributed by atoms with Crippen LogP contribution in [0.1, 0.15) is 38.8 Å². The third kappa shape index (κ3) is 5.33. The van der Waals surface area contributed by atoms with Crippen molar-refractivity contribution in [3.05, 3.63) is 35.4 Å². The highest BCUT2D eigenvalue weighted by atomic mass is 15.1. The van der Waals surface area contributed by atoms with Gasteiger partial charge in [0.25, 0.3) is 0 Å². The molecule has 19 heavy (non-hydrogen) atoms. The molecule has 0 heterocycles. The Bertz CT molecular complexity index is 416. The van der Waals surface area contributed by atoms with E-state index >= 15 is 0 Å². The third-order valence-corrected chi connectivity index (χ3v) is 3.17. The van der Waals surface area contributed by atoms with Gasteiger partial charge >= 0.3 is 0 Å². The van der Waals surface area contributed by atoms with Crippen LogP contribution in [-0.4, -0.2) is 19.0 Å². The predicted octanol–water partition coefficient (Wildman–Crippen LogP) is 2.83. The summed E-state index contributed by atoms with van der Waals surface area (Å²) in [5.41, 5.74) is 8.44. The first-order chi connectivity index (χ1) is 8.81. The van der Waals surface area contributed by atoms with Gasteiger partial charge in [0.1, 0.15) is 0 Å². The summed E-state index contributed by atoms with van der Waals surface area (Å²) in [7, 11) is 0. The summed E-state index contributed by atoms with van der Waals surface area (Å²) in [6, 6.07) is 8.62. The Kier molecular flexibility index (Phi) is 5.40. The molecule has 0 radical (unpaired) electrons. The van der Waals surface area contributed by atoms with E-state index in [1.807, 2.05) is 0 Å². The molecule has 0 aliphatic carbocycles. The van der Waals surface area contributed by atoms with Gasteiger partial charge in [0.2, 0.25) is 0 Å². The maximum Gasteiger partial charge on any atom is 0.188 e. The van der Waals surface area contributed by atoms with Crippen molar-refractivity contribution in [2.45, 2.75) is 40.0 Å². The molecule has 1 aromatic carbocycles. The number of guanidine groups is 1. The number of hydrogen-bond acceptors (Lipinski definition) is 1. The second kappa shape index (κ2) is 6.60. The molecule has 3 nitrogen and oxygen atoms in total. The zero-order valence-corrected chi connectivity index (χ0v) is 12.8. The highest BCUT2D eigenvalue weighted by Crippen LogP contribution is 2.23. The first-order valence-corrected chi connectivity index (χ1v) is 6.92. The van der Waals surface area contributed by atoms with Gasteiger partial charge in [-0.15, -0.1) is 0 Å². The molecular weight excluding hydrogens is 234 g/mol. The number of nitrogens with zero attached hydrogens (tertiary/aromatic N) is 1. The number of hydrogen-bond donors (Lipinski definition) is 2. The molecule has 0 bridgehead atoms. The van der Waals surface area contributed by atoms with E-state index in [1.165, 1.54) is 11.1 Å². The lowest BCUT2D eigenvalue weighted by Gasteiger charge is -2.23. The van der Waals surface area contributed by atoms with E-state index in [0.717, 1.165) is 6.54 Å². The molecule has 0 fully saturated rings. The van der Waals surface area contributed by atoms with Crippen LogP contribution in [0.3, 0.4) is 0 Å². The van der Waals surface area contributed by atoms with Crippen LogP contribution in [0.25, 0.3) is 0 Å². The molecule has 0 saturated carbocycles. The SMILES string of the molecule is Cc1ccc(C(C)(C)CN=C(N)NCC(C)C)cc1. The monoisotopic (exact) mass is 261 g/mol. The molecule has 1 rings (SSSR count). The molecule has 1 aromatic rings. The van der Waals surface area contributed by atoms with Crippen molar-refractivity contribution in [3.63, 3.8) is 0 Å². The van der Waals surface area contributed by atoms with Gasteiger partial charge < -0.3 is 11.1 Å². The largest absolute Gasteiger partial charge is 0.370 e. The minimum Gasteiger partial charge on any atom is -0.370 e. The van der Waals surface area contributed by atoms with Crippen LogP contribution < -0.4 is 11.1 Å². The van der Waals surface area contributed by atoms with Gasteiger partial charge in [-0.3, -0.25) is 4.99 Å². The average molecular weight is 261 g/mol. The Balaban J connectivity index is 2.63. The quantitative estimate of drug-likeness (QED) is 0.632. The summed E-state index contributed by atoms with van der Waals surface area (Å²) >= 11 is 0. The minimum absolute atomic E-state index is 0.00215. The van der Waals surface area contributed by atoms with Crippen molar-refractivity contribution in [1.29, 1.82) is 0 Å². The molecule has 3 heteroatoms. The maximum atomic E-state index is 5.87. The van der Waals surface area contributed by atoms with Crippen molar-refractivity contribution in [2.24, 2.45) is 16.6 Å². The van der Waals surface area contributed by atoms with Crippen LogP contribution in [0.2, 0.25) is 0 Å². The molecule has 3 N–H and O–H groups in total. The molecule has 0 aliphatic rings. The smallest absolute Gasteiger partial charge is 0.188 e. The Labute approximate surface area is 117 Å². The Morgan fingerprint density at radius 3 is 2.37 bits per heavy atom. The summed E-state index contributed by atoms with van der Waals surface area (Å²) in [5.74, 6) is 1.10. The van der Waals surface area contributed by atoms with Gasteiger partial charge in [-0.1, -0.05) is 57.5 Å². The Morgan fingerprint density at radius 2 is 1.84 bits per heavy atom. The number of aryl methyl sites for hydroxylation is 1. The summed E-state index contributed by atoms with van der Waals surface area (Å²) in [5, 5.41) is 3.14. The van der Waals surface area contributed by atoms with E-state index in [-0.39, 0.29) is 5.41 Å². The molecule has 0 unspecified atom stereocenters. The highest BCUT2D eigenvalue weighted by molar-refractivity contribution is 5.77. The van der Waals surface area contributed by atoms with E-state index < -0.39 is 0 Å². The normalized spacial score (nSPS) is 12.8. The van der Waals surface area contributed by atoms with E-state index in [4.69, 9.17) is 5.73 Å². The first-order valence-electron chi connectivity index (χ1n) is 6.92. The first kappa shape index (κ1) is 15.5. The lowest BCUT2D eigenvalue weighted by molar-refractivity contribution is 0.537. The Hall–Kier alpha value is -1.51. The van der Waals surface area contributed by atoms with Gasteiger partial charge in [-0.25, -0.2) is 0 Å². The lowest BCUT2D eigenvalue weighted by Crippen LogP contribution is -2.35. The molecule has 0 atom stereocenters. The highest BCUT2D eigenvalue weighted by Gasteiger charge is 2.19. The van der Waals surface area contributed by atoms with E-state index in [9.17, 15) is 0 Å². The Morgan fingerprint density at radius 1 is 1.26 bits per heavy atom. The topological polar surface area (TPSA) is 50.4 Å². The van der Waals surface area contributed by atoms with Gasteiger partial charge in [0, 0.05) is 12.0 Å². The van der Waals surface area contributed by atoms with Crippen molar-refractivity contribution in [1.82, 2.24) is 5.32 Å². The summed E-state index contributed by atoms with van der Waals surface area (Å²) < 4.78 is 0.